The van der Waals surface area contributed by atoms with E-state index in [1.165, 1.54) is 48.0 Å². The van der Waals surface area contributed by atoms with Crippen molar-refractivity contribution in [2.45, 2.75) is 39.2 Å². The molecule has 12 heteroatoms. The molecule has 40 heavy (non-hydrogen) atoms. The van der Waals surface area contributed by atoms with Crippen LogP contribution in [0.25, 0.3) is 38.4 Å². The van der Waals surface area contributed by atoms with Gasteiger partial charge in [0, 0.05) is 17.8 Å². The van der Waals surface area contributed by atoms with Gasteiger partial charge in [-0.3, -0.25) is 9.20 Å². The molecule has 0 aliphatic rings. The van der Waals surface area contributed by atoms with Crippen molar-refractivity contribution in [3.63, 3.8) is 0 Å². The molecule has 1 aromatic carbocycles. The third kappa shape index (κ3) is 4.20. The Morgan fingerprint density at radius 1 is 1.05 bits per heavy atom. The van der Waals surface area contributed by atoms with Crippen molar-refractivity contribution in [2.24, 2.45) is 0 Å². The number of thiazole rings is 1. The first-order chi connectivity index (χ1) is 19.0. The SMILES string of the molecule is C[C@H](c1nc2ccc(F)cn2c(=O)c1-c1cccc(F)c1)n1nc(-c2cnc(C(C)(C)C)s2)c2c(N)ncnc21. The molecule has 0 spiro atoms. The average Bonchev–Trinajstić information content (AvgIpc) is 3.55. The Hall–Kier alpha value is -4.58. The molecule has 0 unspecified atom stereocenters. The number of halogens is 2. The number of rotatable bonds is 4. The topological polar surface area (TPSA) is 117 Å². The van der Waals surface area contributed by atoms with Gasteiger partial charge in [-0.25, -0.2) is 33.4 Å². The lowest BCUT2D eigenvalue weighted by Crippen LogP contribution is -2.23. The molecule has 5 heterocycles. The van der Waals surface area contributed by atoms with Gasteiger partial charge in [-0.1, -0.05) is 32.9 Å². The number of hydrogen-bond donors (Lipinski definition) is 1. The number of nitrogens with two attached hydrogens (primary N) is 1. The average molecular weight is 559 g/mol. The highest BCUT2D eigenvalue weighted by molar-refractivity contribution is 7.15. The zero-order chi connectivity index (χ0) is 28.3. The molecule has 5 aromatic heterocycles. The van der Waals surface area contributed by atoms with Crippen LogP contribution in [0.5, 0.6) is 0 Å². The lowest BCUT2D eigenvalue weighted by atomic mass is 9.98. The first-order valence-electron chi connectivity index (χ1n) is 12.5. The van der Waals surface area contributed by atoms with Crippen LogP contribution in [-0.4, -0.2) is 34.1 Å². The lowest BCUT2D eigenvalue weighted by molar-refractivity contribution is 0.566. The predicted octanol–water partition coefficient (Wildman–Crippen LogP) is 5.39. The maximum Gasteiger partial charge on any atom is 0.266 e. The Morgan fingerprint density at radius 3 is 2.58 bits per heavy atom. The molecule has 0 bridgehead atoms. The van der Waals surface area contributed by atoms with Crippen LogP contribution in [-0.2, 0) is 5.41 Å². The van der Waals surface area contributed by atoms with Gasteiger partial charge in [0.2, 0.25) is 0 Å². The molecule has 0 amide bonds. The normalized spacial score (nSPS) is 12.8. The van der Waals surface area contributed by atoms with Crippen LogP contribution < -0.4 is 11.3 Å². The minimum absolute atomic E-state index is 0.120. The number of anilines is 1. The van der Waals surface area contributed by atoms with Crippen molar-refractivity contribution in [1.29, 1.82) is 0 Å². The van der Waals surface area contributed by atoms with Crippen LogP contribution in [0, 0.1) is 11.6 Å². The highest BCUT2D eigenvalue weighted by Gasteiger charge is 2.28. The van der Waals surface area contributed by atoms with E-state index >= 15 is 0 Å². The van der Waals surface area contributed by atoms with Crippen molar-refractivity contribution in [1.82, 2.24) is 34.1 Å². The maximum atomic E-state index is 14.3. The smallest absolute Gasteiger partial charge is 0.266 e. The highest BCUT2D eigenvalue weighted by atomic mass is 32.1. The Morgan fingerprint density at radius 2 is 1.85 bits per heavy atom. The maximum absolute atomic E-state index is 14.3. The third-order valence-electron chi connectivity index (χ3n) is 6.59. The summed E-state index contributed by atoms with van der Waals surface area (Å²) in [6.45, 7) is 8.05. The number of nitrogens with zero attached hydrogens (tertiary/aromatic N) is 7. The monoisotopic (exact) mass is 558 g/mol. The van der Waals surface area contributed by atoms with E-state index < -0.39 is 23.2 Å². The summed E-state index contributed by atoms with van der Waals surface area (Å²) in [5.41, 5.74) is 7.59. The van der Waals surface area contributed by atoms with E-state index in [0.29, 0.717) is 28.0 Å². The summed E-state index contributed by atoms with van der Waals surface area (Å²) in [5.74, 6) is -0.875. The molecule has 0 saturated carbocycles. The van der Waals surface area contributed by atoms with E-state index in [0.717, 1.165) is 20.5 Å². The van der Waals surface area contributed by atoms with Gasteiger partial charge in [-0.05, 0) is 36.8 Å². The fourth-order valence-electron chi connectivity index (χ4n) is 4.63. The van der Waals surface area contributed by atoms with Gasteiger partial charge in [-0.2, -0.15) is 5.10 Å². The summed E-state index contributed by atoms with van der Waals surface area (Å²) in [7, 11) is 0. The molecule has 0 saturated heterocycles. The van der Waals surface area contributed by atoms with Gasteiger partial charge < -0.3 is 5.73 Å². The van der Waals surface area contributed by atoms with Gasteiger partial charge in [-0.15, -0.1) is 11.3 Å². The summed E-state index contributed by atoms with van der Waals surface area (Å²) in [6, 6.07) is 7.63. The summed E-state index contributed by atoms with van der Waals surface area (Å²) in [6.07, 6.45) is 4.16. The van der Waals surface area contributed by atoms with E-state index in [2.05, 4.69) is 35.7 Å². The highest BCUT2D eigenvalue weighted by Crippen LogP contribution is 2.38. The third-order valence-corrected chi connectivity index (χ3v) is 8.02. The first-order valence-corrected chi connectivity index (χ1v) is 13.3. The van der Waals surface area contributed by atoms with Crippen LogP contribution in [0.1, 0.15) is 44.4 Å². The van der Waals surface area contributed by atoms with E-state index in [4.69, 9.17) is 15.8 Å². The molecule has 2 N–H and O–H groups in total. The van der Waals surface area contributed by atoms with E-state index in [1.54, 1.807) is 16.9 Å². The summed E-state index contributed by atoms with van der Waals surface area (Å²) >= 11 is 1.50. The molecule has 0 aliphatic carbocycles. The lowest BCUT2D eigenvalue weighted by Gasteiger charge is -2.18. The first kappa shape index (κ1) is 25.7. The number of hydrogen-bond acceptors (Lipinski definition) is 8. The van der Waals surface area contributed by atoms with Crippen LogP contribution in [0.3, 0.4) is 0 Å². The van der Waals surface area contributed by atoms with Gasteiger partial charge in [0.1, 0.15) is 35.1 Å². The summed E-state index contributed by atoms with van der Waals surface area (Å²) in [5, 5.41) is 6.37. The molecule has 6 rings (SSSR count). The Labute approximate surface area is 231 Å². The van der Waals surface area contributed by atoms with E-state index in [-0.39, 0.29) is 22.4 Å². The van der Waals surface area contributed by atoms with Gasteiger partial charge >= 0.3 is 0 Å². The minimum Gasteiger partial charge on any atom is -0.383 e. The molecule has 0 fully saturated rings. The zero-order valence-corrected chi connectivity index (χ0v) is 22.9. The molecule has 0 radical (unpaired) electrons. The van der Waals surface area contributed by atoms with E-state index in [9.17, 15) is 13.6 Å². The number of aromatic nitrogens is 7. The number of pyridine rings is 1. The second-order valence-corrected chi connectivity index (χ2v) is 11.5. The van der Waals surface area contributed by atoms with Crippen LogP contribution in [0.15, 0.2) is 59.9 Å². The number of fused-ring (bicyclic) bond motifs is 2. The molecular formula is C28H24F2N8OS. The number of benzene rings is 1. The molecule has 202 valence electrons. The van der Waals surface area contributed by atoms with Crippen LogP contribution >= 0.6 is 11.3 Å². The molecule has 1 atom stereocenters. The second-order valence-electron chi connectivity index (χ2n) is 10.5. The predicted molar refractivity (Wildman–Crippen MR) is 150 cm³/mol. The van der Waals surface area contributed by atoms with Crippen LogP contribution in [0.2, 0.25) is 0 Å². The van der Waals surface area contributed by atoms with Crippen molar-refractivity contribution in [3.05, 3.63) is 87.8 Å². The molecule has 6 aromatic rings. The second kappa shape index (κ2) is 9.26. The summed E-state index contributed by atoms with van der Waals surface area (Å²) in [4.78, 5) is 32.5. The molecule has 9 nitrogen and oxygen atoms in total. The minimum atomic E-state index is -0.665. The Kier molecular flexibility index (Phi) is 5.95. The van der Waals surface area contributed by atoms with E-state index in [1.807, 2.05) is 6.92 Å². The summed E-state index contributed by atoms with van der Waals surface area (Å²) < 4.78 is 31.1. The standard InChI is InChI=1S/C28H24F2N8OS/c1-14(22-20(15-6-5-7-16(29)10-15)26(39)37-12-17(30)8-9-19(37)35-22)38-25-21(24(31)33-13-34-25)23(36-38)18-11-32-27(40-18)28(2,3)4/h5-14H,1-4H3,(H2,31,33,34)/t14-/m1/s1. The fourth-order valence-corrected chi connectivity index (χ4v) is 5.60. The van der Waals surface area contributed by atoms with Crippen molar-refractivity contribution in [3.8, 4) is 21.7 Å². The largest absolute Gasteiger partial charge is 0.383 e. The number of nitrogen functional groups attached to an aromatic ring is 1. The molecule has 0 aliphatic heterocycles. The zero-order valence-electron chi connectivity index (χ0n) is 22.1. The quantitative estimate of drug-likeness (QED) is 0.308. The molecular weight excluding hydrogens is 534 g/mol. The Bertz CT molecular complexity index is 1990. The van der Waals surface area contributed by atoms with Gasteiger partial charge in [0.25, 0.3) is 5.56 Å². The van der Waals surface area contributed by atoms with Gasteiger partial charge in [0.15, 0.2) is 5.65 Å². The van der Waals surface area contributed by atoms with Crippen LogP contribution in [0.4, 0.5) is 14.6 Å². The van der Waals surface area contributed by atoms with Crippen molar-refractivity contribution < 1.29 is 8.78 Å². The van der Waals surface area contributed by atoms with Crippen molar-refractivity contribution in [2.75, 3.05) is 5.73 Å². The Balaban J connectivity index is 1.62. The van der Waals surface area contributed by atoms with Crippen molar-refractivity contribution >= 4 is 33.8 Å². The fraction of sp³-hybridized carbons (Fsp3) is 0.214. The van der Waals surface area contributed by atoms with Gasteiger partial charge in [0.05, 0.1) is 32.6 Å².